The number of nitrogens with one attached hydrogen (secondary N) is 1. The predicted molar refractivity (Wildman–Crippen MR) is 74.8 cm³/mol. The van der Waals surface area contributed by atoms with Crippen LogP contribution in [0.4, 0.5) is 8.78 Å². The van der Waals surface area contributed by atoms with Crippen molar-refractivity contribution >= 4 is 0 Å². The number of piperidine rings is 1. The van der Waals surface area contributed by atoms with Crippen LogP contribution in [0.25, 0.3) is 5.69 Å². The van der Waals surface area contributed by atoms with Crippen molar-refractivity contribution in [2.45, 2.75) is 31.9 Å². The van der Waals surface area contributed by atoms with Crippen LogP contribution in [-0.4, -0.2) is 22.7 Å². The minimum atomic E-state index is -2.84. The van der Waals surface area contributed by atoms with Crippen LogP contribution >= 0.6 is 0 Å². The molecule has 1 atom stereocenters. The largest absolute Gasteiger partial charge is 0.433 e. The van der Waals surface area contributed by atoms with E-state index in [1.54, 1.807) is 36.8 Å². The molecule has 21 heavy (non-hydrogen) atoms. The molecular weight excluding hydrogens is 276 g/mol. The Hall–Kier alpha value is -1.95. The van der Waals surface area contributed by atoms with Crippen molar-refractivity contribution in [2.75, 3.05) is 6.54 Å². The van der Waals surface area contributed by atoms with Gasteiger partial charge in [-0.15, -0.1) is 0 Å². The number of ether oxygens (including phenoxy) is 1. The van der Waals surface area contributed by atoms with Crippen molar-refractivity contribution in [3.05, 3.63) is 42.5 Å². The van der Waals surface area contributed by atoms with Crippen molar-refractivity contribution in [3.63, 3.8) is 0 Å². The van der Waals surface area contributed by atoms with E-state index < -0.39 is 6.61 Å². The van der Waals surface area contributed by atoms with Gasteiger partial charge in [-0.05, 0) is 31.5 Å². The SMILES string of the molecule is FC(F)Oc1ccccc1-n1cncc1C1CCCCN1. The van der Waals surface area contributed by atoms with Gasteiger partial charge in [-0.3, -0.25) is 4.57 Å². The van der Waals surface area contributed by atoms with E-state index in [0.717, 1.165) is 31.5 Å². The van der Waals surface area contributed by atoms with Crippen molar-refractivity contribution in [2.24, 2.45) is 0 Å². The van der Waals surface area contributed by atoms with Crippen LogP contribution in [-0.2, 0) is 0 Å². The molecule has 1 unspecified atom stereocenters. The molecule has 0 radical (unpaired) electrons. The molecule has 3 rings (SSSR count). The van der Waals surface area contributed by atoms with Gasteiger partial charge in [0, 0.05) is 6.04 Å². The zero-order chi connectivity index (χ0) is 14.7. The Morgan fingerprint density at radius 2 is 2.14 bits per heavy atom. The number of halogens is 2. The Labute approximate surface area is 121 Å². The van der Waals surface area contributed by atoms with Gasteiger partial charge in [-0.1, -0.05) is 18.6 Å². The molecule has 1 fully saturated rings. The minimum absolute atomic E-state index is 0.155. The lowest BCUT2D eigenvalue weighted by molar-refractivity contribution is -0.0498. The number of hydrogen-bond acceptors (Lipinski definition) is 3. The van der Waals surface area contributed by atoms with Gasteiger partial charge < -0.3 is 10.1 Å². The van der Waals surface area contributed by atoms with E-state index in [2.05, 4.69) is 15.0 Å². The molecule has 0 aliphatic carbocycles. The van der Waals surface area contributed by atoms with E-state index in [1.807, 2.05) is 4.57 Å². The fraction of sp³-hybridized carbons (Fsp3) is 0.400. The zero-order valence-electron chi connectivity index (χ0n) is 11.5. The fourth-order valence-corrected chi connectivity index (χ4v) is 2.72. The molecule has 112 valence electrons. The smallest absolute Gasteiger partial charge is 0.387 e. The number of rotatable bonds is 4. The summed E-state index contributed by atoms with van der Waals surface area (Å²) in [7, 11) is 0. The van der Waals surface area contributed by atoms with Gasteiger partial charge in [0.15, 0.2) is 0 Å². The summed E-state index contributed by atoms with van der Waals surface area (Å²) in [5.41, 5.74) is 1.55. The second-order valence-electron chi connectivity index (χ2n) is 5.04. The first kappa shape index (κ1) is 14.0. The Bertz CT molecular complexity index is 594. The van der Waals surface area contributed by atoms with Gasteiger partial charge in [0.2, 0.25) is 0 Å². The monoisotopic (exact) mass is 293 g/mol. The summed E-state index contributed by atoms with van der Waals surface area (Å²) >= 11 is 0. The van der Waals surface area contributed by atoms with Crippen molar-refractivity contribution in [3.8, 4) is 11.4 Å². The maximum atomic E-state index is 12.5. The maximum absolute atomic E-state index is 12.5. The third kappa shape index (κ3) is 3.05. The summed E-state index contributed by atoms with van der Waals surface area (Å²) in [6.07, 6.45) is 6.75. The average molecular weight is 293 g/mol. The Morgan fingerprint density at radius 3 is 2.90 bits per heavy atom. The van der Waals surface area contributed by atoms with Gasteiger partial charge >= 0.3 is 6.61 Å². The normalized spacial score (nSPS) is 18.9. The van der Waals surface area contributed by atoms with Crippen LogP contribution in [0.2, 0.25) is 0 Å². The van der Waals surface area contributed by atoms with Gasteiger partial charge in [0.05, 0.1) is 23.9 Å². The summed E-state index contributed by atoms with van der Waals surface area (Å²) in [4.78, 5) is 4.17. The molecule has 6 heteroatoms. The van der Waals surface area contributed by atoms with Crippen LogP contribution in [0, 0.1) is 0 Å². The van der Waals surface area contributed by atoms with Gasteiger partial charge in [-0.25, -0.2) is 4.98 Å². The lowest BCUT2D eigenvalue weighted by Gasteiger charge is -2.25. The summed E-state index contributed by atoms with van der Waals surface area (Å²) in [5, 5.41) is 3.44. The predicted octanol–water partition coefficient (Wildman–Crippen LogP) is 3.29. The van der Waals surface area contributed by atoms with Crippen LogP contribution in [0.1, 0.15) is 31.0 Å². The van der Waals surface area contributed by atoms with Crippen LogP contribution < -0.4 is 10.1 Å². The van der Waals surface area contributed by atoms with Crippen molar-refractivity contribution in [1.82, 2.24) is 14.9 Å². The van der Waals surface area contributed by atoms with Gasteiger partial charge in [0.25, 0.3) is 0 Å². The van der Waals surface area contributed by atoms with E-state index in [0.29, 0.717) is 5.69 Å². The van der Waals surface area contributed by atoms with Crippen molar-refractivity contribution < 1.29 is 13.5 Å². The van der Waals surface area contributed by atoms with Gasteiger partial charge in [-0.2, -0.15) is 8.78 Å². The molecule has 0 amide bonds. The number of aromatic nitrogens is 2. The summed E-state index contributed by atoms with van der Waals surface area (Å²) in [5.74, 6) is 0.155. The van der Waals surface area contributed by atoms with E-state index >= 15 is 0 Å². The van der Waals surface area contributed by atoms with E-state index in [4.69, 9.17) is 0 Å². The number of hydrogen-bond donors (Lipinski definition) is 1. The minimum Gasteiger partial charge on any atom is -0.433 e. The molecule has 1 saturated heterocycles. The number of benzene rings is 1. The molecule has 1 aromatic heterocycles. The van der Waals surface area contributed by atoms with Gasteiger partial charge in [0.1, 0.15) is 5.75 Å². The number of alkyl halides is 2. The maximum Gasteiger partial charge on any atom is 0.387 e. The lowest BCUT2D eigenvalue weighted by atomic mass is 10.0. The molecule has 0 spiro atoms. The molecule has 1 aliphatic heterocycles. The third-order valence-electron chi connectivity index (χ3n) is 3.68. The molecular formula is C15H17F2N3O. The summed E-state index contributed by atoms with van der Waals surface area (Å²) < 4.78 is 31.5. The topological polar surface area (TPSA) is 39.1 Å². The second kappa shape index (κ2) is 6.22. The number of imidazole rings is 1. The molecule has 0 bridgehead atoms. The van der Waals surface area contributed by atoms with Crippen molar-refractivity contribution in [1.29, 1.82) is 0 Å². The highest BCUT2D eigenvalue weighted by Gasteiger charge is 2.20. The first-order valence-corrected chi connectivity index (χ1v) is 7.05. The standard InChI is InChI=1S/C15H17F2N3O/c16-15(17)21-14-7-2-1-6-12(14)20-10-18-9-13(20)11-5-3-4-8-19-11/h1-2,6-7,9-11,15,19H,3-5,8H2. The first-order valence-electron chi connectivity index (χ1n) is 7.05. The zero-order valence-corrected chi connectivity index (χ0v) is 11.5. The molecule has 0 saturated carbocycles. The third-order valence-corrected chi connectivity index (χ3v) is 3.68. The highest BCUT2D eigenvalue weighted by molar-refractivity contribution is 5.47. The molecule has 2 heterocycles. The molecule has 1 aromatic carbocycles. The fourth-order valence-electron chi connectivity index (χ4n) is 2.72. The van der Waals surface area contributed by atoms with E-state index in [-0.39, 0.29) is 11.8 Å². The number of para-hydroxylation sites is 2. The Balaban J connectivity index is 1.96. The first-order chi connectivity index (χ1) is 10.3. The summed E-state index contributed by atoms with van der Waals surface area (Å²) in [6, 6.07) is 6.97. The molecule has 1 aliphatic rings. The number of nitrogens with zero attached hydrogens (tertiary/aromatic N) is 2. The lowest BCUT2D eigenvalue weighted by Crippen LogP contribution is -2.28. The van der Waals surface area contributed by atoms with Crippen LogP contribution in [0.5, 0.6) is 5.75 Å². The second-order valence-corrected chi connectivity index (χ2v) is 5.04. The summed E-state index contributed by atoms with van der Waals surface area (Å²) in [6.45, 7) is -1.88. The molecule has 2 aromatic rings. The van der Waals surface area contributed by atoms with E-state index in [1.165, 1.54) is 0 Å². The quantitative estimate of drug-likeness (QED) is 0.940. The highest BCUT2D eigenvalue weighted by Crippen LogP contribution is 2.29. The van der Waals surface area contributed by atoms with Crippen LogP contribution in [0.3, 0.4) is 0 Å². The Morgan fingerprint density at radius 1 is 1.29 bits per heavy atom. The molecule has 4 nitrogen and oxygen atoms in total. The molecule has 1 N–H and O–H groups in total. The van der Waals surface area contributed by atoms with E-state index in [9.17, 15) is 8.78 Å². The Kier molecular flexibility index (Phi) is 4.15. The van der Waals surface area contributed by atoms with Crippen LogP contribution in [0.15, 0.2) is 36.8 Å². The highest BCUT2D eigenvalue weighted by atomic mass is 19.3. The average Bonchev–Trinajstić information content (AvgIpc) is 2.97.